The third-order valence-electron chi connectivity index (χ3n) is 3.38. The summed E-state index contributed by atoms with van der Waals surface area (Å²) in [7, 11) is 0. The van der Waals surface area contributed by atoms with E-state index in [1.54, 1.807) is 0 Å². The van der Waals surface area contributed by atoms with E-state index in [1.807, 2.05) is 0 Å². The zero-order valence-corrected chi connectivity index (χ0v) is 11.7. The molecule has 0 saturated carbocycles. The highest BCUT2D eigenvalue weighted by Gasteiger charge is 2.26. The van der Waals surface area contributed by atoms with Gasteiger partial charge in [-0.25, -0.2) is 19.2 Å². The first-order valence-corrected chi connectivity index (χ1v) is 6.20. The van der Waals surface area contributed by atoms with Crippen LogP contribution in [0.15, 0.2) is 18.2 Å². The summed E-state index contributed by atoms with van der Waals surface area (Å²) in [5.74, 6) is -5.94. The van der Waals surface area contributed by atoms with Crippen molar-refractivity contribution >= 4 is 34.6 Å². The molecule has 0 amide bonds. The van der Waals surface area contributed by atoms with Crippen LogP contribution in [0.2, 0.25) is 0 Å². The van der Waals surface area contributed by atoms with E-state index < -0.39 is 56.9 Å². The molecule has 4 N–H and O–H groups in total. The molecule has 0 bridgehead atoms. The summed E-state index contributed by atoms with van der Waals surface area (Å²) >= 11 is 0. The molecular formula is C15H10O8. The van der Waals surface area contributed by atoms with E-state index in [4.69, 9.17) is 0 Å². The van der Waals surface area contributed by atoms with Crippen molar-refractivity contribution in [3.8, 4) is 0 Å². The highest BCUT2D eigenvalue weighted by molar-refractivity contribution is 6.22. The third-order valence-corrected chi connectivity index (χ3v) is 3.38. The van der Waals surface area contributed by atoms with Gasteiger partial charge in [0.2, 0.25) is 0 Å². The maximum Gasteiger partial charge on any atom is 0.336 e. The first kappa shape index (κ1) is 16.0. The average molecular weight is 318 g/mol. The summed E-state index contributed by atoms with van der Waals surface area (Å²) in [6, 6.07) is 2.92. The Hall–Kier alpha value is -3.42. The van der Waals surface area contributed by atoms with Crippen molar-refractivity contribution in [2.24, 2.45) is 0 Å². The summed E-state index contributed by atoms with van der Waals surface area (Å²) in [5, 5.41) is 36.3. The zero-order valence-electron chi connectivity index (χ0n) is 11.7. The fourth-order valence-electron chi connectivity index (χ4n) is 2.50. The molecule has 8 nitrogen and oxygen atoms in total. The Morgan fingerprint density at radius 2 is 1.13 bits per heavy atom. The largest absolute Gasteiger partial charge is 0.478 e. The fraction of sp³-hybridized carbons (Fsp3) is 0.0667. The molecule has 0 saturated heterocycles. The van der Waals surface area contributed by atoms with Crippen LogP contribution in [0.3, 0.4) is 0 Å². The van der Waals surface area contributed by atoms with Crippen LogP contribution < -0.4 is 0 Å². The Balaban J connectivity index is 3.26. The first-order valence-electron chi connectivity index (χ1n) is 6.20. The lowest BCUT2D eigenvalue weighted by molar-refractivity contribution is 0.0675. The number of benzene rings is 2. The molecule has 0 spiro atoms. The normalized spacial score (nSPS) is 10.5. The van der Waals surface area contributed by atoms with Gasteiger partial charge in [0, 0.05) is 10.8 Å². The van der Waals surface area contributed by atoms with Gasteiger partial charge in [-0.05, 0) is 30.7 Å². The standard InChI is InChI=1S/C15H10O8/c1-5-4-8(14(20)21)10-6(12(16)17)2-3-7(13(18)19)11(10)9(5)15(22)23/h2-4H,1H3,(H,16,17)(H,18,19)(H,20,21)(H,22,23). The molecule has 8 heteroatoms. The second kappa shape index (κ2) is 5.41. The van der Waals surface area contributed by atoms with Gasteiger partial charge in [0.1, 0.15) is 0 Å². The molecule has 0 radical (unpaired) electrons. The number of carboxylic acids is 4. The van der Waals surface area contributed by atoms with Crippen LogP contribution in [-0.2, 0) is 0 Å². The van der Waals surface area contributed by atoms with Crippen LogP contribution in [0.1, 0.15) is 47.0 Å². The molecule has 2 aromatic rings. The molecule has 0 heterocycles. The maximum absolute atomic E-state index is 11.5. The molecule has 23 heavy (non-hydrogen) atoms. The monoisotopic (exact) mass is 318 g/mol. The van der Waals surface area contributed by atoms with Gasteiger partial charge in [-0.15, -0.1) is 0 Å². The summed E-state index contributed by atoms with van der Waals surface area (Å²) in [6.07, 6.45) is 0. The quantitative estimate of drug-likeness (QED) is 0.668. The smallest absolute Gasteiger partial charge is 0.336 e. The molecule has 2 aromatic carbocycles. The summed E-state index contributed by atoms with van der Waals surface area (Å²) < 4.78 is 0. The van der Waals surface area contributed by atoms with Crippen molar-refractivity contribution in [2.75, 3.05) is 0 Å². The number of hydrogen-bond donors (Lipinski definition) is 4. The van der Waals surface area contributed by atoms with E-state index in [0.717, 1.165) is 18.2 Å². The van der Waals surface area contributed by atoms with E-state index in [-0.39, 0.29) is 5.56 Å². The number of carboxylic acid groups (broad SMARTS) is 4. The molecule has 2 rings (SSSR count). The predicted molar refractivity (Wildman–Crippen MR) is 76.5 cm³/mol. The number of aromatic carboxylic acids is 4. The topological polar surface area (TPSA) is 149 Å². The Kier molecular flexibility index (Phi) is 3.75. The van der Waals surface area contributed by atoms with E-state index in [1.165, 1.54) is 6.92 Å². The highest BCUT2D eigenvalue weighted by atomic mass is 16.4. The van der Waals surface area contributed by atoms with Crippen molar-refractivity contribution in [3.63, 3.8) is 0 Å². The molecule has 0 atom stereocenters. The van der Waals surface area contributed by atoms with E-state index >= 15 is 0 Å². The first-order chi connectivity index (χ1) is 10.7. The van der Waals surface area contributed by atoms with Crippen LogP contribution in [0, 0.1) is 6.92 Å². The Morgan fingerprint density at radius 3 is 1.52 bits per heavy atom. The van der Waals surface area contributed by atoms with Gasteiger partial charge >= 0.3 is 23.9 Å². The van der Waals surface area contributed by atoms with Crippen LogP contribution in [0.4, 0.5) is 0 Å². The number of aryl methyl sites for hydroxylation is 1. The van der Waals surface area contributed by atoms with Crippen molar-refractivity contribution in [2.45, 2.75) is 6.92 Å². The minimum absolute atomic E-state index is 0.0208. The zero-order chi connectivity index (χ0) is 17.5. The van der Waals surface area contributed by atoms with E-state index in [2.05, 4.69) is 0 Å². The molecule has 0 aliphatic carbocycles. The lowest BCUT2D eigenvalue weighted by Gasteiger charge is -2.14. The molecule has 0 fully saturated rings. The summed E-state index contributed by atoms with van der Waals surface area (Å²) in [5.41, 5.74) is -1.85. The summed E-state index contributed by atoms with van der Waals surface area (Å²) in [4.78, 5) is 45.6. The molecule has 0 aliphatic heterocycles. The predicted octanol–water partition coefficient (Wildman–Crippen LogP) is 1.94. The van der Waals surface area contributed by atoms with Crippen molar-refractivity contribution < 1.29 is 39.6 Å². The maximum atomic E-state index is 11.5. The minimum Gasteiger partial charge on any atom is -0.478 e. The second-order valence-electron chi connectivity index (χ2n) is 4.75. The summed E-state index contributed by atoms with van der Waals surface area (Å²) in [6.45, 7) is 1.31. The Bertz CT molecular complexity index is 894. The number of carbonyl (C=O) groups is 4. The van der Waals surface area contributed by atoms with Gasteiger partial charge in [0.05, 0.1) is 22.3 Å². The fourth-order valence-corrected chi connectivity index (χ4v) is 2.50. The number of hydrogen-bond acceptors (Lipinski definition) is 4. The number of rotatable bonds is 4. The van der Waals surface area contributed by atoms with Gasteiger partial charge in [0.25, 0.3) is 0 Å². The highest BCUT2D eigenvalue weighted by Crippen LogP contribution is 2.32. The lowest BCUT2D eigenvalue weighted by atomic mass is 9.89. The van der Waals surface area contributed by atoms with Crippen LogP contribution in [0.5, 0.6) is 0 Å². The second-order valence-corrected chi connectivity index (χ2v) is 4.75. The van der Waals surface area contributed by atoms with E-state index in [0.29, 0.717) is 0 Å². The van der Waals surface area contributed by atoms with Crippen molar-refractivity contribution in [3.05, 3.63) is 46.0 Å². The van der Waals surface area contributed by atoms with E-state index in [9.17, 15) is 39.6 Å². The van der Waals surface area contributed by atoms with Gasteiger partial charge in [-0.3, -0.25) is 0 Å². The van der Waals surface area contributed by atoms with Gasteiger partial charge in [0.15, 0.2) is 0 Å². The molecule has 118 valence electrons. The SMILES string of the molecule is Cc1cc(C(=O)O)c2c(C(=O)O)ccc(C(=O)O)c2c1C(=O)O. The van der Waals surface area contributed by atoms with Crippen LogP contribution in [0.25, 0.3) is 10.8 Å². The van der Waals surface area contributed by atoms with Gasteiger partial charge < -0.3 is 20.4 Å². The molecular weight excluding hydrogens is 308 g/mol. The van der Waals surface area contributed by atoms with Crippen LogP contribution in [-0.4, -0.2) is 44.3 Å². The average Bonchev–Trinajstić information content (AvgIpc) is 2.43. The molecule has 0 aliphatic rings. The molecule has 0 aromatic heterocycles. The van der Waals surface area contributed by atoms with Gasteiger partial charge in [-0.2, -0.15) is 0 Å². The Labute approximate surface area is 128 Å². The third kappa shape index (κ3) is 2.46. The molecule has 0 unspecified atom stereocenters. The number of fused-ring (bicyclic) bond motifs is 1. The van der Waals surface area contributed by atoms with Crippen molar-refractivity contribution in [1.29, 1.82) is 0 Å². The van der Waals surface area contributed by atoms with Crippen molar-refractivity contribution in [1.82, 2.24) is 0 Å². The van der Waals surface area contributed by atoms with Gasteiger partial charge in [-0.1, -0.05) is 0 Å². The lowest BCUT2D eigenvalue weighted by Crippen LogP contribution is -2.12. The Morgan fingerprint density at radius 1 is 0.696 bits per heavy atom. The minimum atomic E-state index is -1.49. The van der Waals surface area contributed by atoms with Crippen LogP contribution >= 0.6 is 0 Å².